The molecule has 37 heavy (non-hydrogen) atoms. The van der Waals surface area contributed by atoms with Gasteiger partial charge in [-0.15, -0.1) is 5.10 Å². The zero-order valence-corrected chi connectivity index (χ0v) is 19.9. The van der Waals surface area contributed by atoms with E-state index in [0.717, 1.165) is 34.8 Å². The van der Waals surface area contributed by atoms with Crippen LogP contribution in [-0.4, -0.2) is 21.2 Å². The van der Waals surface area contributed by atoms with Gasteiger partial charge in [0.15, 0.2) is 5.82 Å². The van der Waals surface area contributed by atoms with Gasteiger partial charge < -0.3 is 9.15 Å². The van der Waals surface area contributed by atoms with Crippen molar-refractivity contribution >= 4 is 34.5 Å². The molecule has 10 heteroatoms. The van der Waals surface area contributed by atoms with Crippen molar-refractivity contribution in [3.8, 4) is 17.1 Å². The van der Waals surface area contributed by atoms with E-state index in [4.69, 9.17) is 9.15 Å². The molecule has 0 aliphatic carbocycles. The van der Waals surface area contributed by atoms with Gasteiger partial charge in [-0.2, -0.15) is 22.7 Å². The summed E-state index contributed by atoms with van der Waals surface area (Å²) in [4.78, 5) is 17.6. The SMILES string of the molecule is C=CCOc1ccc(/C=C/c2nc3s/c(=C\c4ccc(-c5cccc(C(F)(F)F)c5)o4)c(=O)n3n2)cc1. The second kappa shape index (κ2) is 9.90. The molecule has 2 aromatic carbocycles. The first-order valence-corrected chi connectivity index (χ1v) is 11.8. The highest BCUT2D eigenvalue weighted by Gasteiger charge is 2.30. The second-order valence-electron chi connectivity index (χ2n) is 7.86. The number of alkyl halides is 3. The van der Waals surface area contributed by atoms with Crippen LogP contribution in [-0.2, 0) is 6.18 Å². The lowest BCUT2D eigenvalue weighted by Gasteiger charge is -2.07. The normalized spacial score (nSPS) is 12.6. The molecule has 5 aromatic rings. The maximum Gasteiger partial charge on any atom is 0.416 e. The van der Waals surface area contributed by atoms with Gasteiger partial charge in [0.05, 0.1) is 5.56 Å². The molecule has 0 unspecified atom stereocenters. The number of halogens is 3. The van der Waals surface area contributed by atoms with E-state index in [0.29, 0.717) is 27.7 Å². The lowest BCUT2D eigenvalue weighted by molar-refractivity contribution is -0.137. The number of nitrogens with zero attached hydrogens (tertiary/aromatic N) is 3. The Morgan fingerprint density at radius 2 is 1.89 bits per heavy atom. The smallest absolute Gasteiger partial charge is 0.416 e. The van der Waals surface area contributed by atoms with Crippen LogP contribution in [0.3, 0.4) is 0 Å². The lowest BCUT2D eigenvalue weighted by Crippen LogP contribution is -2.23. The number of ether oxygens (including phenoxy) is 1. The Morgan fingerprint density at radius 1 is 1.08 bits per heavy atom. The van der Waals surface area contributed by atoms with Crippen molar-refractivity contribution in [1.82, 2.24) is 14.6 Å². The van der Waals surface area contributed by atoms with Crippen molar-refractivity contribution in [3.05, 3.63) is 111 Å². The predicted molar refractivity (Wildman–Crippen MR) is 136 cm³/mol. The molecule has 0 fully saturated rings. The molecule has 0 saturated carbocycles. The van der Waals surface area contributed by atoms with Gasteiger partial charge in [-0.3, -0.25) is 4.79 Å². The lowest BCUT2D eigenvalue weighted by atomic mass is 10.1. The molecule has 0 radical (unpaired) electrons. The summed E-state index contributed by atoms with van der Waals surface area (Å²) in [5, 5.41) is 4.26. The number of aromatic nitrogens is 3. The van der Waals surface area contributed by atoms with Crippen LogP contribution in [0.5, 0.6) is 5.75 Å². The zero-order chi connectivity index (χ0) is 26.0. The van der Waals surface area contributed by atoms with Gasteiger partial charge in [-0.1, -0.05) is 54.3 Å². The van der Waals surface area contributed by atoms with Crippen LogP contribution < -0.4 is 14.8 Å². The van der Waals surface area contributed by atoms with Crippen LogP contribution >= 0.6 is 11.3 Å². The van der Waals surface area contributed by atoms with E-state index in [1.165, 1.54) is 22.7 Å². The van der Waals surface area contributed by atoms with Crippen LogP contribution in [0.1, 0.15) is 22.7 Å². The monoisotopic (exact) mass is 521 g/mol. The Balaban J connectivity index is 1.35. The van der Waals surface area contributed by atoms with E-state index in [-0.39, 0.29) is 16.9 Å². The van der Waals surface area contributed by atoms with Gasteiger partial charge in [-0.05, 0) is 48.0 Å². The van der Waals surface area contributed by atoms with Crippen molar-refractivity contribution < 1.29 is 22.3 Å². The molecule has 0 aliphatic rings. The first-order valence-electron chi connectivity index (χ1n) is 11.0. The van der Waals surface area contributed by atoms with E-state index >= 15 is 0 Å². The third-order valence-electron chi connectivity index (χ3n) is 5.25. The summed E-state index contributed by atoms with van der Waals surface area (Å²) in [6.07, 6.45) is 2.27. The highest BCUT2D eigenvalue weighted by atomic mass is 32.1. The molecule has 3 aromatic heterocycles. The Kier molecular flexibility index (Phi) is 6.49. The van der Waals surface area contributed by atoms with Crippen molar-refractivity contribution in [3.63, 3.8) is 0 Å². The summed E-state index contributed by atoms with van der Waals surface area (Å²) in [5.41, 5.74) is 0.0660. The van der Waals surface area contributed by atoms with Crippen molar-refractivity contribution in [2.24, 2.45) is 0 Å². The molecule has 0 bridgehead atoms. The number of rotatable bonds is 7. The van der Waals surface area contributed by atoms with Crippen molar-refractivity contribution in [2.75, 3.05) is 6.61 Å². The van der Waals surface area contributed by atoms with Crippen molar-refractivity contribution in [1.29, 1.82) is 0 Å². The average Bonchev–Trinajstić information content (AvgIpc) is 3.59. The summed E-state index contributed by atoms with van der Waals surface area (Å²) >= 11 is 1.14. The standard InChI is InChI=1S/C27H18F3N3O3S/c1-2-14-35-20-9-6-17(7-10-20)8-13-24-31-26-33(32-24)25(34)23(37-26)16-21-11-12-22(36-21)18-4-3-5-19(15-18)27(28,29)30/h2-13,15-16H,1,14H2/b13-8+,23-16-. The molecular formula is C27H18F3N3O3S. The van der Waals surface area contributed by atoms with E-state index < -0.39 is 11.7 Å². The maximum atomic E-state index is 13.0. The van der Waals surface area contributed by atoms with Crippen LogP contribution in [0.2, 0.25) is 0 Å². The molecule has 5 rings (SSSR count). The molecule has 6 nitrogen and oxygen atoms in total. The van der Waals surface area contributed by atoms with Gasteiger partial charge >= 0.3 is 6.18 Å². The van der Waals surface area contributed by atoms with Gasteiger partial charge in [0.2, 0.25) is 4.96 Å². The number of hydrogen-bond donors (Lipinski definition) is 0. The fraction of sp³-hybridized carbons (Fsp3) is 0.0741. The first-order chi connectivity index (χ1) is 17.8. The predicted octanol–water partition coefficient (Wildman–Crippen LogP) is 5.71. The summed E-state index contributed by atoms with van der Waals surface area (Å²) in [6.45, 7) is 4.04. The fourth-order valence-electron chi connectivity index (χ4n) is 3.48. The Bertz CT molecular complexity index is 1710. The van der Waals surface area contributed by atoms with Gasteiger partial charge in [0, 0.05) is 11.6 Å². The Hall–Kier alpha value is -4.44. The third kappa shape index (κ3) is 5.39. The highest BCUT2D eigenvalue weighted by molar-refractivity contribution is 7.15. The van der Waals surface area contributed by atoms with Crippen LogP contribution in [0.25, 0.3) is 34.5 Å². The number of furan rings is 1. The quantitative estimate of drug-likeness (QED) is 0.257. The molecule has 0 saturated heterocycles. The molecule has 0 N–H and O–H groups in total. The topological polar surface area (TPSA) is 69.6 Å². The third-order valence-corrected chi connectivity index (χ3v) is 6.20. The fourth-order valence-corrected chi connectivity index (χ4v) is 4.38. The van der Waals surface area contributed by atoms with E-state index in [1.807, 2.05) is 30.3 Å². The summed E-state index contributed by atoms with van der Waals surface area (Å²) in [5.74, 6) is 1.70. The van der Waals surface area contributed by atoms with Crippen LogP contribution in [0, 0.1) is 0 Å². The first kappa shape index (κ1) is 24.3. The number of hydrogen-bond acceptors (Lipinski definition) is 6. The molecular weight excluding hydrogens is 503 g/mol. The minimum Gasteiger partial charge on any atom is -0.490 e. The minimum absolute atomic E-state index is 0.261. The van der Waals surface area contributed by atoms with E-state index in [9.17, 15) is 18.0 Å². The number of thiazole rings is 1. The number of fused-ring (bicyclic) bond motifs is 1. The van der Waals surface area contributed by atoms with Gasteiger partial charge in [0.1, 0.15) is 28.4 Å². The second-order valence-corrected chi connectivity index (χ2v) is 8.87. The van der Waals surface area contributed by atoms with E-state index in [2.05, 4.69) is 16.7 Å². The number of benzene rings is 2. The largest absolute Gasteiger partial charge is 0.490 e. The van der Waals surface area contributed by atoms with Crippen LogP contribution in [0.15, 0.2) is 82.5 Å². The van der Waals surface area contributed by atoms with Crippen molar-refractivity contribution in [2.45, 2.75) is 6.18 Å². The molecule has 3 heterocycles. The molecule has 186 valence electrons. The molecule has 0 spiro atoms. The molecule has 0 aliphatic heterocycles. The minimum atomic E-state index is -4.45. The average molecular weight is 522 g/mol. The highest BCUT2D eigenvalue weighted by Crippen LogP contribution is 2.32. The van der Waals surface area contributed by atoms with Crippen LogP contribution in [0.4, 0.5) is 13.2 Å². The maximum absolute atomic E-state index is 13.0. The molecule has 0 amide bonds. The molecule has 0 atom stereocenters. The summed E-state index contributed by atoms with van der Waals surface area (Å²) < 4.78 is 51.7. The summed E-state index contributed by atoms with van der Waals surface area (Å²) in [7, 11) is 0. The summed E-state index contributed by atoms with van der Waals surface area (Å²) in [6, 6.07) is 15.5. The Morgan fingerprint density at radius 3 is 2.62 bits per heavy atom. The van der Waals surface area contributed by atoms with E-state index in [1.54, 1.807) is 24.3 Å². The van der Waals surface area contributed by atoms with Gasteiger partial charge in [0.25, 0.3) is 5.56 Å². The zero-order valence-electron chi connectivity index (χ0n) is 19.1. The Labute approximate surface area is 212 Å². The van der Waals surface area contributed by atoms with Gasteiger partial charge in [-0.25, -0.2) is 0 Å².